The lowest BCUT2D eigenvalue weighted by molar-refractivity contribution is -0.132. The van der Waals surface area contributed by atoms with Crippen molar-refractivity contribution in [2.75, 3.05) is 4.90 Å². The van der Waals surface area contributed by atoms with Crippen molar-refractivity contribution in [1.29, 1.82) is 0 Å². The first-order valence-corrected chi connectivity index (χ1v) is 11.5. The molecular weight excluding hydrogens is 432 g/mol. The first-order valence-electron chi connectivity index (χ1n) is 10.7. The average Bonchev–Trinajstić information content (AvgIpc) is 3.33. The van der Waals surface area contributed by atoms with Crippen molar-refractivity contribution in [1.82, 2.24) is 4.98 Å². The van der Waals surface area contributed by atoms with Gasteiger partial charge in [0, 0.05) is 5.56 Å². The maximum absolute atomic E-state index is 13.3. The van der Waals surface area contributed by atoms with Gasteiger partial charge in [-0.2, -0.15) is 0 Å². The third kappa shape index (κ3) is 3.52. The van der Waals surface area contributed by atoms with E-state index in [1.54, 1.807) is 24.3 Å². The minimum absolute atomic E-state index is 0.0715. The van der Waals surface area contributed by atoms with Gasteiger partial charge in [0.25, 0.3) is 5.78 Å². The number of aromatic nitrogens is 1. The van der Waals surface area contributed by atoms with Gasteiger partial charge in [-0.3, -0.25) is 14.5 Å². The highest BCUT2D eigenvalue weighted by atomic mass is 32.1. The molecule has 1 aliphatic heterocycles. The Kier molecular flexibility index (Phi) is 5.10. The highest BCUT2D eigenvalue weighted by Gasteiger charge is 2.48. The number of hydrogen-bond acceptors (Lipinski definition) is 5. The van der Waals surface area contributed by atoms with Gasteiger partial charge >= 0.3 is 5.91 Å². The lowest BCUT2D eigenvalue weighted by atomic mass is 9.95. The largest absolute Gasteiger partial charge is 0.507 e. The molecule has 1 saturated heterocycles. The van der Waals surface area contributed by atoms with Crippen LogP contribution >= 0.6 is 11.3 Å². The van der Waals surface area contributed by atoms with Crippen LogP contribution in [0.2, 0.25) is 0 Å². The molecule has 0 unspecified atom stereocenters. The second kappa shape index (κ2) is 7.98. The zero-order valence-corrected chi connectivity index (χ0v) is 19.3. The van der Waals surface area contributed by atoms with Gasteiger partial charge in [0.15, 0.2) is 5.13 Å². The van der Waals surface area contributed by atoms with E-state index in [1.807, 2.05) is 63.2 Å². The maximum atomic E-state index is 13.3. The van der Waals surface area contributed by atoms with E-state index in [1.165, 1.54) is 16.2 Å². The summed E-state index contributed by atoms with van der Waals surface area (Å²) < 4.78 is 0.954. The third-order valence-corrected chi connectivity index (χ3v) is 6.91. The van der Waals surface area contributed by atoms with Crippen molar-refractivity contribution in [2.24, 2.45) is 0 Å². The van der Waals surface area contributed by atoms with Gasteiger partial charge in [0.2, 0.25) is 0 Å². The Morgan fingerprint density at radius 3 is 2.33 bits per heavy atom. The number of carbonyl (C=O) groups is 2. The number of Topliss-reactive ketones (excluding diaryl/α,β-unsaturated/α-hetero) is 1. The summed E-state index contributed by atoms with van der Waals surface area (Å²) in [5.74, 6) is -1.59. The molecule has 4 aromatic rings. The first-order chi connectivity index (χ1) is 15.8. The summed E-state index contributed by atoms with van der Waals surface area (Å²) in [7, 11) is 0. The molecule has 0 saturated carbocycles. The van der Waals surface area contributed by atoms with Crippen LogP contribution in [0.25, 0.3) is 16.0 Å². The van der Waals surface area contributed by atoms with Crippen LogP contribution in [0, 0.1) is 20.8 Å². The van der Waals surface area contributed by atoms with Gasteiger partial charge in [-0.15, -0.1) is 0 Å². The van der Waals surface area contributed by atoms with E-state index in [2.05, 4.69) is 0 Å². The quantitative estimate of drug-likeness (QED) is 0.240. The molecule has 1 aliphatic rings. The zero-order chi connectivity index (χ0) is 23.3. The Morgan fingerprint density at radius 2 is 1.64 bits per heavy atom. The Hall–Kier alpha value is -3.77. The van der Waals surface area contributed by atoms with Crippen molar-refractivity contribution in [2.45, 2.75) is 26.8 Å². The van der Waals surface area contributed by atoms with Crippen LogP contribution in [0.4, 0.5) is 5.13 Å². The van der Waals surface area contributed by atoms with Gasteiger partial charge in [0.05, 0.1) is 21.8 Å². The van der Waals surface area contributed by atoms with Crippen LogP contribution in [-0.4, -0.2) is 21.8 Å². The van der Waals surface area contributed by atoms with Crippen LogP contribution in [0.5, 0.6) is 0 Å². The predicted molar refractivity (Wildman–Crippen MR) is 131 cm³/mol. The fourth-order valence-electron chi connectivity index (χ4n) is 4.31. The molecule has 2 heterocycles. The molecule has 1 atom stereocenters. The Morgan fingerprint density at radius 1 is 0.939 bits per heavy atom. The van der Waals surface area contributed by atoms with Crippen molar-refractivity contribution in [3.8, 4) is 0 Å². The van der Waals surface area contributed by atoms with Gasteiger partial charge in [-0.05, 0) is 43.5 Å². The number of rotatable bonds is 3. The molecular formula is C27H22N2O3S. The van der Waals surface area contributed by atoms with Crippen molar-refractivity contribution in [3.63, 3.8) is 0 Å². The summed E-state index contributed by atoms with van der Waals surface area (Å²) in [5.41, 5.74) is 5.30. The number of amides is 1. The fourth-order valence-corrected chi connectivity index (χ4v) is 5.48. The van der Waals surface area contributed by atoms with E-state index in [9.17, 15) is 14.7 Å². The number of hydrogen-bond donors (Lipinski definition) is 1. The molecule has 0 bridgehead atoms. The summed E-state index contributed by atoms with van der Waals surface area (Å²) in [6.07, 6.45) is 0. The van der Waals surface area contributed by atoms with Crippen molar-refractivity contribution < 1.29 is 14.7 Å². The number of fused-ring (bicyclic) bond motifs is 1. The van der Waals surface area contributed by atoms with Gasteiger partial charge in [-0.25, -0.2) is 4.98 Å². The fraction of sp³-hybridized carbons (Fsp3) is 0.148. The topological polar surface area (TPSA) is 70.5 Å². The SMILES string of the molecule is Cc1ccc([C@H]2/C(=C(\O)c3ccccc3)C(=O)C(=O)N2c2nc3c(C)cc(C)cc3s2)cc1. The van der Waals surface area contributed by atoms with Crippen LogP contribution in [0.1, 0.15) is 33.9 Å². The second-order valence-corrected chi connectivity index (χ2v) is 9.38. The molecule has 164 valence electrons. The summed E-state index contributed by atoms with van der Waals surface area (Å²) in [4.78, 5) is 32.8. The maximum Gasteiger partial charge on any atom is 0.301 e. The van der Waals surface area contributed by atoms with Crippen molar-refractivity contribution >= 4 is 44.1 Å². The molecule has 3 aromatic carbocycles. The summed E-state index contributed by atoms with van der Waals surface area (Å²) >= 11 is 1.38. The number of nitrogens with zero attached hydrogens (tertiary/aromatic N) is 2. The summed E-state index contributed by atoms with van der Waals surface area (Å²) in [6, 6.07) is 19.8. The molecule has 5 nitrogen and oxygen atoms in total. The number of ketones is 1. The number of benzene rings is 3. The van der Waals surface area contributed by atoms with E-state index in [4.69, 9.17) is 4.98 Å². The van der Waals surface area contributed by atoms with Crippen LogP contribution in [0.15, 0.2) is 72.3 Å². The first kappa shape index (κ1) is 21.1. The number of aliphatic hydroxyl groups excluding tert-OH is 1. The highest BCUT2D eigenvalue weighted by Crippen LogP contribution is 2.44. The Bertz CT molecular complexity index is 1440. The molecule has 5 rings (SSSR count). The molecule has 0 aliphatic carbocycles. The molecule has 1 amide bonds. The van der Waals surface area contributed by atoms with Gasteiger partial charge in [0.1, 0.15) is 5.76 Å². The Balaban J connectivity index is 1.75. The van der Waals surface area contributed by atoms with E-state index in [0.717, 1.165) is 32.5 Å². The monoisotopic (exact) mass is 454 g/mol. The molecule has 0 spiro atoms. The van der Waals surface area contributed by atoms with E-state index < -0.39 is 17.7 Å². The van der Waals surface area contributed by atoms with Crippen LogP contribution in [-0.2, 0) is 9.59 Å². The molecule has 1 N–H and O–H groups in total. The Labute approximate surface area is 195 Å². The minimum atomic E-state index is -0.771. The number of aryl methyl sites for hydroxylation is 3. The number of thiazole rings is 1. The lowest BCUT2D eigenvalue weighted by Crippen LogP contribution is -2.29. The van der Waals surface area contributed by atoms with E-state index in [0.29, 0.717) is 10.7 Å². The number of carbonyl (C=O) groups excluding carboxylic acids is 2. The van der Waals surface area contributed by atoms with E-state index in [-0.39, 0.29) is 11.3 Å². The molecule has 0 radical (unpaired) electrons. The second-order valence-electron chi connectivity index (χ2n) is 8.37. The van der Waals surface area contributed by atoms with Gasteiger partial charge < -0.3 is 5.11 Å². The van der Waals surface area contributed by atoms with Crippen molar-refractivity contribution in [3.05, 3.63) is 100 Å². The summed E-state index contributed by atoms with van der Waals surface area (Å²) in [6.45, 7) is 5.98. The molecule has 33 heavy (non-hydrogen) atoms. The third-order valence-electron chi connectivity index (χ3n) is 5.91. The molecule has 1 aromatic heterocycles. The molecule has 1 fully saturated rings. The van der Waals surface area contributed by atoms with Crippen LogP contribution in [0.3, 0.4) is 0 Å². The normalized spacial score (nSPS) is 17.8. The van der Waals surface area contributed by atoms with E-state index >= 15 is 0 Å². The standard InChI is InChI=1S/C27H22N2O3S/c1-15-9-11-18(12-10-15)23-21(24(30)19-7-5-4-6-8-19)25(31)26(32)29(23)27-28-22-17(3)13-16(2)14-20(22)33-27/h4-14,23,30H,1-3H3/b24-21+/t23-/m0/s1. The lowest BCUT2D eigenvalue weighted by Gasteiger charge is -2.23. The van der Waals surface area contributed by atoms with Gasteiger partial charge in [-0.1, -0.05) is 77.6 Å². The van der Waals surface area contributed by atoms with Crippen LogP contribution < -0.4 is 4.90 Å². The predicted octanol–water partition coefficient (Wildman–Crippen LogP) is 5.85. The molecule has 6 heteroatoms. The highest BCUT2D eigenvalue weighted by molar-refractivity contribution is 7.22. The number of aliphatic hydroxyl groups is 1. The number of anilines is 1. The summed E-state index contributed by atoms with van der Waals surface area (Å²) in [5, 5.41) is 11.6. The zero-order valence-electron chi connectivity index (χ0n) is 18.5. The average molecular weight is 455 g/mol. The minimum Gasteiger partial charge on any atom is -0.507 e. The smallest absolute Gasteiger partial charge is 0.301 e.